The summed E-state index contributed by atoms with van der Waals surface area (Å²) in [5.74, 6) is -2.27. The van der Waals surface area contributed by atoms with Crippen molar-refractivity contribution in [2.75, 3.05) is 13.1 Å². The lowest BCUT2D eigenvalue weighted by Crippen LogP contribution is -2.48. The SMILES string of the molecule is NCCCNC(=O)c1ccc([C@H](CC(=O)O)NC(=O)NNC(=O)c2cccc(N=C(N)N)c2)cc1. The predicted molar refractivity (Wildman–Crippen MR) is 128 cm³/mol. The number of aliphatic carboxylic acids is 1. The highest BCUT2D eigenvalue weighted by Gasteiger charge is 2.19. The lowest BCUT2D eigenvalue weighted by Gasteiger charge is -2.18. The Morgan fingerprint density at radius 2 is 1.66 bits per heavy atom. The van der Waals surface area contributed by atoms with Crippen LogP contribution >= 0.6 is 0 Å². The third-order valence-electron chi connectivity index (χ3n) is 4.58. The molecule has 0 fully saturated rings. The van der Waals surface area contributed by atoms with Crippen molar-refractivity contribution in [2.45, 2.75) is 18.9 Å². The van der Waals surface area contributed by atoms with Crippen LogP contribution in [-0.2, 0) is 4.79 Å². The zero-order valence-electron chi connectivity index (χ0n) is 18.8. The Morgan fingerprint density at radius 1 is 0.943 bits per heavy atom. The number of rotatable bonds is 10. The number of urea groups is 1. The van der Waals surface area contributed by atoms with E-state index in [0.717, 1.165) is 0 Å². The molecule has 2 aromatic carbocycles. The molecule has 0 radical (unpaired) electrons. The van der Waals surface area contributed by atoms with Gasteiger partial charge in [0.05, 0.1) is 18.2 Å². The molecule has 2 aromatic rings. The Hall–Kier alpha value is -4.65. The van der Waals surface area contributed by atoms with Crippen molar-refractivity contribution in [3.05, 3.63) is 65.2 Å². The Balaban J connectivity index is 2.00. The maximum absolute atomic E-state index is 12.3. The number of hydrazine groups is 1. The number of hydrogen-bond acceptors (Lipinski definition) is 6. The van der Waals surface area contributed by atoms with Gasteiger partial charge in [0.15, 0.2) is 5.96 Å². The monoisotopic (exact) mass is 484 g/mol. The second-order valence-electron chi connectivity index (χ2n) is 7.31. The first-order valence-electron chi connectivity index (χ1n) is 10.6. The molecule has 0 saturated heterocycles. The minimum atomic E-state index is -1.15. The van der Waals surface area contributed by atoms with Gasteiger partial charge in [-0.05, 0) is 48.9 Å². The van der Waals surface area contributed by atoms with Crippen molar-refractivity contribution in [1.82, 2.24) is 21.5 Å². The highest BCUT2D eigenvalue weighted by molar-refractivity contribution is 5.96. The average Bonchev–Trinajstić information content (AvgIpc) is 2.81. The van der Waals surface area contributed by atoms with E-state index in [2.05, 4.69) is 26.5 Å². The predicted octanol–water partition coefficient (Wildman–Crippen LogP) is -0.170. The summed E-state index contributed by atoms with van der Waals surface area (Å²) in [5.41, 5.74) is 21.8. The molecule has 0 unspecified atom stereocenters. The normalized spacial score (nSPS) is 11.0. The van der Waals surface area contributed by atoms with Gasteiger partial charge < -0.3 is 32.9 Å². The number of carboxylic acids is 1. The van der Waals surface area contributed by atoms with E-state index in [4.69, 9.17) is 17.2 Å². The van der Waals surface area contributed by atoms with Gasteiger partial charge in [0.1, 0.15) is 0 Å². The van der Waals surface area contributed by atoms with Gasteiger partial charge in [-0.3, -0.25) is 19.8 Å². The number of hydrogen-bond donors (Lipinski definition) is 8. The smallest absolute Gasteiger partial charge is 0.333 e. The second-order valence-corrected chi connectivity index (χ2v) is 7.31. The zero-order valence-corrected chi connectivity index (χ0v) is 18.8. The quantitative estimate of drug-likeness (QED) is 0.0974. The molecule has 13 nitrogen and oxygen atoms in total. The molecular weight excluding hydrogens is 456 g/mol. The highest BCUT2D eigenvalue weighted by Crippen LogP contribution is 2.18. The number of guanidine groups is 1. The van der Waals surface area contributed by atoms with Crippen LogP contribution in [0.3, 0.4) is 0 Å². The summed E-state index contributed by atoms with van der Waals surface area (Å²) in [5, 5.41) is 14.4. The number of nitrogens with two attached hydrogens (primary N) is 3. The molecule has 35 heavy (non-hydrogen) atoms. The highest BCUT2D eigenvalue weighted by atomic mass is 16.4. The fourth-order valence-electron chi connectivity index (χ4n) is 2.95. The van der Waals surface area contributed by atoms with E-state index in [-0.39, 0.29) is 17.4 Å². The van der Waals surface area contributed by atoms with Gasteiger partial charge in [0, 0.05) is 17.7 Å². The summed E-state index contributed by atoms with van der Waals surface area (Å²) in [4.78, 5) is 51.9. The molecule has 0 spiro atoms. The maximum atomic E-state index is 12.3. The molecule has 2 rings (SSSR count). The van der Waals surface area contributed by atoms with E-state index in [1.165, 1.54) is 24.3 Å². The number of nitrogens with one attached hydrogen (secondary N) is 4. The zero-order chi connectivity index (χ0) is 25.8. The van der Waals surface area contributed by atoms with Crippen LogP contribution in [0.2, 0.25) is 0 Å². The molecule has 0 heterocycles. The standard InChI is InChI=1S/C22H28N8O5/c23-9-2-10-26-19(33)14-7-5-13(6-8-14)17(12-18(31)32)28-22(35)30-29-20(34)15-3-1-4-16(11-15)27-21(24)25/h1,3-8,11,17H,2,9-10,12,23H2,(H,26,33)(H,29,34)(H,31,32)(H4,24,25,27)(H2,28,30,35)/t17-/m0/s1. The largest absolute Gasteiger partial charge is 0.481 e. The molecule has 1 atom stereocenters. The third-order valence-corrected chi connectivity index (χ3v) is 4.58. The molecule has 0 aliphatic carbocycles. The molecule has 0 aromatic heterocycles. The van der Waals surface area contributed by atoms with Crippen LogP contribution in [0.4, 0.5) is 10.5 Å². The van der Waals surface area contributed by atoms with Crippen molar-refractivity contribution >= 4 is 35.5 Å². The average molecular weight is 485 g/mol. The van der Waals surface area contributed by atoms with Crippen molar-refractivity contribution in [2.24, 2.45) is 22.2 Å². The van der Waals surface area contributed by atoms with Crippen molar-refractivity contribution < 1.29 is 24.3 Å². The van der Waals surface area contributed by atoms with Crippen molar-refractivity contribution in [1.29, 1.82) is 0 Å². The van der Waals surface area contributed by atoms with Crippen molar-refractivity contribution in [3.63, 3.8) is 0 Å². The molecule has 186 valence electrons. The lowest BCUT2D eigenvalue weighted by atomic mass is 10.0. The van der Waals surface area contributed by atoms with Crippen LogP contribution in [0.1, 0.15) is 45.2 Å². The van der Waals surface area contributed by atoms with Gasteiger partial charge in [0.2, 0.25) is 0 Å². The summed E-state index contributed by atoms with van der Waals surface area (Å²) >= 11 is 0. The Bertz CT molecular complexity index is 1080. The lowest BCUT2D eigenvalue weighted by molar-refractivity contribution is -0.137. The second kappa shape index (κ2) is 13.2. The van der Waals surface area contributed by atoms with E-state index in [1.54, 1.807) is 24.3 Å². The van der Waals surface area contributed by atoms with E-state index in [1.807, 2.05) is 0 Å². The van der Waals surface area contributed by atoms with E-state index < -0.39 is 30.4 Å². The number of aliphatic imine (C=N–C) groups is 1. The number of carboxylic acid groups (broad SMARTS) is 1. The number of nitrogens with zero attached hydrogens (tertiary/aromatic N) is 1. The maximum Gasteiger partial charge on any atom is 0.333 e. The first kappa shape index (κ1) is 26.6. The molecule has 4 amide bonds. The fraction of sp³-hybridized carbons (Fsp3) is 0.227. The summed E-state index contributed by atoms with van der Waals surface area (Å²) < 4.78 is 0. The van der Waals surface area contributed by atoms with Gasteiger partial charge in [-0.1, -0.05) is 18.2 Å². The third kappa shape index (κ3) is 9.01. The molecule has 13 heteroatoms. The van der Waals surface area contributed by atoms with E-state index in [0.29, 0.717) is 36.3 Å². The number of carbonyl (C=O) groups excluding carboxylic acids is 3. The minimum Gasteiger partial charge on any atom is -0.481 e. The number of amides is 4. The molecule has 0 bridgehead atoms. The van der Waals surface area contributed by atoms with Crippen LogP contribution in [0, 0.1) is 0 Å². The van der Waals surface area contributed by atoms with Gasteiger partial charge in [0.25, 0.3) is 11.8 Å². The van der Waals surface area contributed by atoms with Gasteiger partial charge in [-0.25, -0.2) is 15.2 Å². The van der Waals surface area contributed by atoms with Gasteiger partial charge >= 0.3 is 12.0 Å². The van der Waals surface area contributed by atoms with Crippen LogP contribution in [0.5, 0.6) is 0 Å². The Morgan fingerprint density at radius 3 is 2.29 bits per heavy atom. The summed E-state index contributed by atoms with van der Waals surface area (Å²) in [6.07, 6.45) is 0.214. The minimum absolute atomic E-state index is 0.176. The summed E-state index contributed by atoms with van der Waals surface area (Å²) in [7, 11) is 0. The molecule has 11 N–H and O–H groups in total. The fourth-order valence-corrected chi connectivity index (χ4v) is 2.95. The molecule has 0 aliphatic rings. The number of benzene rings is 2. The van der Waals surface area contributed by atoms with Crippen LogP contribution in [-0.4, -0.2) is 48.0 Å². The summed E-state index contributed by atoms with van der Waals surface area (Å²) in [6, 6.07) is 10.4. The molecule has 0 aliphatic heterocycles. The van der Waals surface area contributed by atoms with Crippen LogP contribution in [0.25, 0.3) is 0 Å². The van der Waals surface area contributed by atoms with Crippen molar-refractivity contribution in [3.8, 4) is 0 Å². The van der Waals surface area contributed by atoms with Gasteiger partial charge in [-0.2, -0.15) is 0 Å². The molecule has 0 saturated carbocycles. The first-order valence-corrected chi connectivity index (χ1v) is 10.6. The van der Waals surface area contributed by atoms with E-state index >= 15 is 0 Å². The molecular formula is C22H28N8O5. The first-order chi connectivity index (χ1) is 16.7. The summed E-state index contributed by atoms with van der Waals surface area (Å²) in [6.45, 7) is 0.888. The Labute approximate surface area is 201 Å². The van der Waals surface area contributed by atoms with E-state index in [9.17, 15) is 24.3 Å². The van der Waals surface area contributed by atoms with Crippen LogP contribution < -0.4 is 38.7 Å². The van der Waals surface area contributed by atoms with Gasteiger partial charge in [-0.15, -0.1) is 0 Å². The Kier molecular flexibility index (Phi) is 10.00. The topological polar surface area (TPSA) is 227 Å². The van der Waals surface area contributed by atoms with Crippen LogP contribution in [0.15, 0.2) is 53.5 Å². The number of carbonyl (C=O) groups is 4.